The number of rotatable bonds is 1. The topological polar surface area (TPSA) is 62.4 Å². The minimum absolute atomic E-state index is 0.0406. The largest absolute Gasteiger partial charge is 0.371 e. The number of pyridine rings is 1. The molecule has 5 rings (SSSR count). The number of aromatic amines is 1. The first-order valence-electron chi connectivity index (χ1n) is 10.8. The van der Waals surface area contributed by atoms with E-state index in [1.165, 1.54) is 31.0 Å². The second-order valence-electron chi connectivity index (χ2n) is 8.69. The summed E-state index contributed by atoms with van der Waals surface area (Å²) in [5.74, 6) is -1.55. The van der Waals surface area contributed by atoms with Gasteiger partial charge in [-0.05, 0) is 43.2 Å². The van der Waals surface area contributed by atoms with Crippen molar-refractivity contribution in [3.05, 3.63) is 57.8 Å². The third-order valence-corrected chi connectivity index (χ3v) is 6.61. The summed E-state index contributed by atoms with van der Waals surface area (Å²) in [5.41, 5.74) is -0.0488. The monoisotopic (exact) mass is 426 g/mol. The van der Waals surface area contributed by atoms with Crippen LogP contribution < -0.4 is 5.43 Å². The molecular weight excluding hydrogens is 402 g/mol. The molecule has 1 spiro atoms. The van der Waals surface area contributed by atoms with Crippen LogP contribution in [0.15, 0.2) is 35.1 Å². The number of ether oxygens (including phenoxy) is 1. The number of nitrogens with zero attached hydrogens (tertiary/aromatic N) is 1. The maximum absolute atomic E-state index is 14.5. The van der Waals surface area contributed by atoms with Crippen LogP contribution in [0.4, 0.5) is 8.78 Å². The SMILES string of the molecule is O=C(c1cc(F)cc2c(=O)c3cc(F)ccc3[nH]c12)N1CCOC2(CCCCCC2)C1. The molecule has 0 bridgehead atoms. The zero-order valence-corrected chi connectivity index (χ0v) is 17.2. The van der Waals surface area contributed by atoms with Gasteiger partial charge in [-0.1, -0.05) is 25.7 Å². The molecule has 0 unspecified atom stereocenters. The molecule has 2 heterocycles. The summed E-state index contributed by atoms with van der Waals surface area (Å²) in [5, 5.41) is 0.166. The Morgan fingerprint density at radius 3 is 2.52 bits per heavy atom. The lowest BCUT2D eigenvalue weighted by atomic mass is 9.91. The minimum Gasteiger partial charge on any atom is -0.371 e. The van der Waals surface area contributed by atoms with Gasteiger partial charge in [-0.15, -0.1) is 0 Å². The number of halogens is 2. The molecule has 7 heteroatoms. The lowest BCUT2D eigenvalue weighted by Crippen LogP contribution is -2.53. The molecular formula is C24H24F2N2O3. The van der Waals surface area contributed by atoms with Gasteiger partial charge >= 0.3 is 0 Å². The predicted octanol–water partition coefficient (Wildman–Crippen LogP) is 4.52. The van der Waals surface area contributed by atoms with E-state index in [2.05, 4.69) is 4.98 Å². The summed E-state index contributed by atoms with van der Waals surface area (Å²) in [6, 6.07) is 6.09. The molecule has 1 saturated heterocycles. The van der Waals surface area contributed by atoms with E-state index in [1.54, 1.807) is 4.90 Å². The molecule has 2 aliphatic rings. The number of fused-ring (bicyclic) bond motifs is 2. The van der Waals surface area contributed by atoms with Crippen molar-refractivity contribution in [2.24, 2.45) is 0 Å². The van der Waals surface area contributed by atoms with Crippen LogP contribution in [0.3, 0.4) is 0 Å². The Morgan fingerprint density at radius 2 is 1.74 bits per heavy atom. The van der Waals surface area contributed by atoms with Gasteiger partial charge in [0.05, 0.1) is 29.8 Å². The van der Waals surface area contributed by atoms with Crippen LogP contribution in [0.25, 0.3) is 21.8 Å². The minimum atomic E-state index is -0.672. The Bertz CT molecular complexity index is 1230. The van der Waals surface area contributed by atoms with Gasteiger partial charge in [0.25, 0.3) is 5.91 Å². The van der Waals surface area contributed by atoms with Crippen molar-refractivity contribution in [3.8, 4) is 0 Å². The van der Waals surface area contributed by atoms with Crippen molar-refractivity contribution in [1.82, 2.24) is 9.88 Å². The molecule has 1 aliphatic carbocycles. The fourth-order valence-corrected chi connectivity index (χ4v) is 5.05. The van der Waals surface area contributed by atoms with Crippen LogP contribution in [-0.2, 0) is 4.74 Å². The standard InChI is InChI=1S/C24H24F2N2O3/c25-15-5-6-20-17(11-15)22(29)18-12-16(26)13-19(21(18)27-20)23(30)28-9-10-31-24(14-28)7-3-1-2-4-8-24/h5-6,11-13H,1-4,7-10,14H2,(H,27,29). The van der Waals surface area contributed by atoms with Crippen molar-refractivity contribution in [2.45, 2.75) is 44.1 Å². The van der Waals surface area contributed by atoms with E-state index < -0.39 is 17.1 Å². The van der Waals surface area contributed by atoms with Crippen molar-refractivity contribution in [1.29, 1.82) is 0 Å². The maximum Gasteiger partial charge on any atom is 0.256 e. The van der Waals surface area contributed by atoms with E-state index in [0.29, 0.717) is 25.2 Å². The van der Waals surface area contributed by atoms with Crippen molar-refractivity contribution in [2.75, 3.05) is 19.7 Å². The lowest BCUT2D eigenvalue weighted by molar-refractivity contribution is -0.107. The normalized spacial score (nSPS) is 19.1. The number of amides is 1. The van der Waals surface area contributed by atoms with Crippen LogP contribution in [0.2, 0.25) is 0 Å². The Kier molecular flexibility index (Phi) is 5.01. The van der Waals surface area contributed by atoms with Gasteiger partial charge in [-0.2, -0.15) is 0 Å². The van der Waals surface area contributed by atoms with Crippen LogP contribution in [0.1, 0.15) is 48.9 Å². The van der Waals surface area contributed by atoms with Gasteiger partial charge in [0.1, 0.15) is 11.6 Å². The van der Waals surface area contributed by atoms with E-state index in [9.17, 15) is 18.4 Å². The molecule has 162 valence electrons. The molecule has 1 saturated carbocycles. The molecule has 1 N–H and O–H groups in total. The Balaban J connectivity index is 1.59. The predicted molar refractivity (Wildman–Crippen MR) is 114 cm³/mol. The molecule has 0 atom stereocenters. The van der Waals surface area contributed by atoms with Crippen LogP contribution >= 0.6 is 0 Å². The Hall–Kier alpha value is -2.80. The van der Waals surface area contributed by atoms with E-state index in [4.69, 9.17) is 4.74 Å². The Morgan fingerprint density at radius 1 is 1.00 bits per heavy atom. The number of H-pyrrole nitrogens is 1. The number of hydrogen-bond donors (Lipinski definition) is 1. The van der Waals surface area contributed by atoms with Crippen molar-refractivity contribution >= 4 is 27.7 Å². The number of carbonyl (C=O) groups is 1. The van der Waals surface area contributed by atoms with Crippen molar-refractivity contribution in [3.63, 3.8) is 0 Å². The van der Waals surface area contributed by atoms with Gasteiger partial charge in [0.15, 0.2) is 5.43 Å². The second kappa shape index (κ2) is 7.71. The Labute approximate surface area is 178 Å². The molecule has 0 radical (unpaired) electrons. The molecule has 1 aliphatic heterocycles. The second-order valence-corrected chi connectivity index (χ2v) is 8.69. The molecule has 31 heavy (non-hydrogen) atoms. The van der Waals surface area contributed by atoms with Gasteiger partial charge in [-0.25, -0.2) is 8.78 Å². The number of nitrogens with one attached hydrogen (secondary N) is 1. The third-order valence-electron chi connectivity index (χ3n) is 6.61. The average Bonchev–Trinajstić information content (AvgIpc) is 2.99. The van der Waals surface area contributed by atoms with Crippen LogP contribution in [-0.4, -0.2) is 41.1 Å². The quantitative estimate of drug-likeness (QED) is 0.582. The zero-order chi connectivity index (χ0) is 21.6. The van der Waals surface area contributed by atoms with Gasteiger partial charge < -0.3 is 14.6 Å². The molecule has 2 aromatic carbocycles. The molecule has 5 nitrogen and oxygen atoms in total. The molecule has 1 amide bonds. The average molecular weight is 426 g/mol. The fraction of sp³-hybridized carbons (Fsp3) is 0.417. The number of carbonyl (C=O) groups excluding carboxylic acids is 1. The lowest BCUT2D eigenvalue weighted by Gasteiger charge is -2.42. The van der Waals surface area contributed by atoms with E-state index in [0.717, 1.165) is 37.8 Å². The molecule has 2 fully saturated rings. The van der Waals surface area contributed by atoms with E-state index in [1.807, 2.05) is 0 Å². The van der Waals surface area contributed by atoms with Crippen LogP contribution in [0.5, 0.6) is 0 Å². The fourth-order valence-electron chi connectivity index (χ4n) is 5.05. The van der Waals surface area contributed by atoms with Gasteiger partial charge in [0.2, 0.25) is 0 Å². The first-order valence-corrected chi connectivity index (χ1v) is 10.8. The maximum atomic E-state index is 14.5. The van der Waals surface area contributed by atoms with Crippen molar-refractivity contribution < 1.29 is 18.3 Å². The summed E-state index contributed by atoms with van der Waals surface area (Å²) >= 11 is 0. The molecule has 1 aromatic heterocycles. The first kappa shape index (κ1) is 20.1. The number of benzene rings is 2. The highest BCUT2D eigenvalue weighted by molar-refractivity contribution is 6.07. The summed E-state index contributed by atoms with van der Waals surface area (Å²) in [6.07, 6.45) is 6.30. The van der Waals surface area contributed by atoms with E-state index in [-0.39, 0.29) is 33.4 Å². The van der Waals surface area contributed by atoms with Gasteiger partial charge in [-0.3, -0.25) is 9.59 Å². The number of hydrogen-bond acceptors (Lipinski definition) is 3. The smallest absolute Gasteiger partial charge is 0.256 e. The third kappa shape index (κ3) is 3.61. The summed E-state index contributed by atoms with van der Waals surface area (Å²) < 4.78 is 34.3. The number of morpholine rings is 1. The summed E-state index contributed by atoms with van der Waals surface area (Å²) in [4.78, 5) is 31.2. The van der Waals surface area contributed by atoms with E-state index >= 15 is 0 Å². The summed E-state index contributed by atoms with van der Waals surface area (Å²) in [7, 11) is 0. The highest BCUT2D eigenvalue weighted by atomic mass is 19.1. The highest BCUT2D eigenvalue weighted by Crippen LogP contribution is 2.34. The zero-order valence-electron chi connectivity index (χ0n) is 17.2. The van der Waals surface area contributed by atoms with Crippen LogP contribution in [0, 0.1) is 11.6 Å². The molecule has 3 aromatic rings. The summed E-state index contributed by atoms with van der Waals surface area (Å²) in [6.45, 7) is 1.33. The number of aromatic nitrogens is 1. The van der Waals surface area contributed by atoms with Gasteiger partial charge in [0, 0.05) is 22.8 Å². The highest BCUT2D eigenvalue weighted by Gasteiger charge is 2.39. The first-order chi connectivity index (χ1) is 15.0.